The highest BCUT2D eigenvalue weighted by Gasteiger charge is 2.18. The highest BCUT2D eigenvalue weighted by Crippen LogP contribution is 2.33. The van der Waals surface area contributed by atoms with E-state index in [2.05, 4.69) is 20.9 Å². The monoisotopic (exact) mass is 491 g/mol. The van der Waals surface area contributed by atoms with E-state index >= 15 is 0 Å². The average molecular weight is 492 g/mol. The average Bonchev–Trinajstić information content (AvgIpc) is 2.84. The third-order valence-corrected chi connectivity index (χ3v) is 4.92. The summed E-state index contributed by atoms with van der Waals surface area (Å²) < 4.78 is 12.0. The smallest absolute Gasteiger partial charge is 0.340 e. The molecule has 0 saturated carbocycles. The number of ether oxygens (including phenoxy) is 2. The highest BCUT2D eigenvalue weighted by molar-refractivity contribution is 9.10. The molecule has 0 saturated heterocycles. The van der Waals surface area contributed by atoms with E-state index in [0.717, 1.165) is 11.1 Å². The van der Waals surface area contributed by atoms with Gasteiger partial charge >= 0.3 is 5.97 Å². The first-order valence-corrected chi connectivity index (χ1v) is 10.7. The molecule has 1 heterocycles. The Kier molecular flexibility index (Phi) is 8.83. The van der Waals surface area contributed by atoms with Crippen molar-refractivity contribution in [3.8, 4) is 11.5 Å². The molecule has 0 atom stereocenters. The molecule has 0 aliphatic heterocycles. The van der Waals surface area contributed by atoms with Crippen molar-refractivity contribution < 1.29 is 19.4 Å². The van der Waals surface area contributed by atoms with Crippen molar-refractivity contribution in [1.29, 1.82) is 0 Å². The first-order chi connectivity index (χ1) is 15.6. The minimum atomic E-state index is -1.06. The summed E-state index contributed by atoms with van der Waals surface area (Å²) in [5.74, 6) is -0.262. The van der Waals surface area contributed by atoms with Crippen LogP contribution in [0.4, 0.5) is 0 Å². The van der Waals surface area contributed by atoms with Crippen LogP contribution in [-0.2, 0) is 13.2 Å². The predicted octanol–water partition coefficient (Wildman–Crippen LogP) is 6.39. The summed E-state index contributed by atoms with van der Waals surface area (Å²) in [6.45, 7) is 0.660. The lowest BCUT2D eigenvalue weighted by molar-refractivity contribution is 0.0690. The van der Waals surface area contributed by atoms with Gasteiger partial charge in [-0.2, -0.15) is 0 Å². The van der Waals surface area contributed by atoms with E-state index in [-0.39, 0.29) is 17.9 Å². The van der Waals surface area contributed by atoms with Gasteiger partial charge in [0.1, 0.15) is 30.3 Å². The van der Waals surface area contributed by atoms with Crippen molar-refractivity contribution in [2.24, 2.45) is 0 Å². The quantitative estimate of drug-likeness (QED) is 0.324. The van der Waals surface area contributed by atoms with Crippen molar-refractivity contribution in [2.45, 2.75) is 13.2 Å². The molecule has 162 valence electrons. The standard InChI is InChI=1S/C21H17BrO4.C5H5N/c22-18-11-17(25-13-15-7-3-1-4-8-15)12-19(20(18)21(23)24)26-14-16-9-5-2-6-10-16;1-2-4-6-5-3-1/h1-12H,13-14H2,(H,23,24);1-5H. The van der Waals surface area contributed by atoms with Crippen molar-refractivity contribution in [3.05, 3.63) is 125 Å². The zero-order chi connectivity index (χ0) is 22.6. The Labute approximate surface area is 195 Å². The first kappa shape index (κ1) is 23.0. The number of carbonyl (C=O) groups is 1. The second kappa shape index (κ2) is 12.3. The van der Waals surface area contributed by atoms with Crippen LogP contribution in [0.25, 0.3) is 0 Å². The summed E-state index contributed by atoms with van der Waals surface area (Å²) in [5.41, 5.74) is 2.06. The lowest BCUT2D eigenvalue weighted by Gasteiger charge is -2.14. The van der Waals surface area contributed by atoms with E-state index in [4.69, 9.17) is 9.47 Å². The molecular formula is C26H22BrNO4. The highest BCUT2D eigenvalue weighted by atomic mass is 79.9. The number of halogens is 1. The SMILES string of the molecule is O=C(O)c1c(Br)cc(OCc2ccccc2)cc1OCc1ccccc1.c1ccncc1. The van der Waals surface area contributed by atoms with Crippen molar-refractivity contribution in [3.63, 3.8) is 0 Å². The van der Waals surface area contributed by atoms with Gasteiger partial charge in [-0.15, -0.1) is 0 Å². The van der Waals surface area contributed by atoms with Crippen LogP contribution in [0.2, 0.25) is 0 Å². The number of aromatic nitrogens is 1. The Morgan fingerprint density at radius 1 is 0.781 bits per heavy atom. The largest absolute Gasteiger partial charge is 0.489 e. The topological polar surface area (TPSA) is 68.7 Å². The maximum absolute atomic E-state index is 11.6. The molecule has 5 nitrogen and oxygen atoms in total. The number of benzene rings is 3. The number of rotatable bonds is 7. The van der Waals surface area contributed by atoms with E-state index in [1.165, 1.54) is 0 Å². The molecule has 0 spiro atoms. The number of aromatic carboxylic acids is 1. The van der Waals surface area contributed by atoms with Gasteiger partial charge in [0.25, 0.3) is 0 Å². The molecule has 1 aromatic heterocycles. The molecule has 32 heavy (non-hydrogen) atoms. The zero-order valence-corrected chi connectivity index (χ0v) is 18.8. The van der Waals surface area contributed by atoms with Gasteiger partial charge < -0.3 is 14.6 Å². The van der Waals surface area contributed by atoms with Crippen LogP contribution in [0.15, 0.2) is 108 Å². The number of pyridine rings is 1. The summed E-state index contributed by atoms with van der Waals surface area (Å²) in [6.07, 6.45) is 3.50. The van der Waals surface area contributed by atoms with Crippen LogP contribution in [0.1, 0.15) is 21.5 Å². The van der Waals surface area contributed by atoms with E-state index in [1.54, 1.807) is 24.5 Å². The second-order valence-corrected chi connectivity index (χ2v) is 7.51. The van der Waals surface area contributed by atoms with Gasteiger partial charge in [0, 0.05) is 22.9 Å². The minimum Gasteiger partial charge on any atom is -0.489 e. The van der Waals surface area contributed by atoms with Gasteiger partial charge in [-0.1, -0.05) is 66.7 Å². The molecule has 0 bridgehead atoms. The Bertz CT molecular complexity index is 1080. The van der Waals surface area contributed by atoms with Gasteiger partial charge in [0.2, 0.25) is 0 Å². The molecule has 4 rings (SSSR count). The molecular weight excluding hydrogens is 470 g/mol. The number of hydrogen-bond donors (Lipinski definition) is 1. The Morgan fingerprint density at radius 3 is 1.78 bits per heavy atom. The lowest BCUT2D eigenvalue weighted by atomic mass is 10.2. The third kappa shape index (κ3) is 7.25. The normalized spacial score (nSPS) is 9.91. The van der Waals surface area contributed by atoms with Crippen molar-refractivity contribution in [1.82, 2.24) is 4.98 Å². The van der Waals surface area contributed by atoms with E-state index in [9.17, 15) is 9.90 Å². The first-order valence-electron chi connectivity index (χ1n) is 9.89. The van der Waals surface area contributed by atoms with Crippen LogP contribution >= 0.6 is 15.9 Å². The fraction of sp³-hybridized carbons (Fsp3) is 0.0769. The van der Waals surface area contributed by atoms with Crippen LogP contribution in [0.3, 0.4) is 0 Å². The Morgan fingerprint density at radius 2 is 1.31 bits per heavy atom. The summed E-state index contributed by atoms with van der Waals surface area (Å²) >= 11 is 3.31. The molecule has 1 N–H and O–H groups in total. The number of hydrogen-bond acceptors (Lipinski definition) is 4. The molecule has 3 aromatic carbocycles. The molecule has 0 aliphatic rings. The summed E-state index contributed by atoms with van der Waals surface area (Å²) in [5, 5.41) is 9.49. The molecule has 6 heteroatoms. The predicted molar refractivity (Wildman–Crippen MR) is 127 cm³/mol. The van der Waals surface area contributed by atoms with Crippen LogP contribution in [0, 0.1) is 0 Å². The van der Waals surface area contributed by atoms with Gasteiger partial charge in [-0.25, -0.2) is 4.79 Å². The van der Waals surface area contributed by atoms with Gasteiger partial charge in [-0.05, 0) is 45.3 Å². The third-order valence-electron chi connectivity index (χ3n) is 4.29. The molecule has 0 radical (unpaired) electrons. The van der Waals surface area contributed by atoms with E-state index < -0.39 is 5.97 Å². The molecule has 4 aromatic rings. The van der Waals surface area contributed by atoms with E-state index in [1.807, 2.05) is 78.9 Å². The molecule has 0 fully saturated rings. The fourth-order valence-corrected chi connectivity index (χ4v) is 3.34. The summed E-state index contributed by atoms with van der Waals surface area (Å²) in [6, 6.07) is 28.3. The Hall–Kier alpha value is -3.64. The lowest BCUT2D eigenvalue weighted by Crippen LogP contribution is -2.06. The fourth-order valence-electron chi connectivity index (χ4n) is 2.75. The maximum Gasteiger partial charge on any atom is 0.340 e. The van der Waals surface area contributed by atoms with Crippen LogP contribution in [-0.4, -0.2) is 16.1 Å². The number of nitrogens with zero attached hydrogens (tertiary/aromatic N) is 1. The zero-order valence-electron chi connectivity index (χ0n) is 17.2. The maximum atomic E-state index is 11.6. The minimum absolute atomic E-state index is 0.0768. The van der Waals surface area contributed by atoms with Gasteiger partial charge in [-0.3, -0.25) is 4.98 Å². The van der Waals surface area contributed by atoms with Crippen LogP contribution in [0.5, 0.6) is 11.5 Å². The summed E-state index contributed by atoms with van der Waals surface area (Å²) in [4.78, 5) is 15.4. The molecule has 0 unspecified atom stereocenters. The molecule has 0 aliphatic carbocycles. The number of carboxylic acid groups (broad SMARTS) is 1. The van der Waals surface area contributed by atoms with Crippen LogP contribution < -0.4 is 9.47 Å². The van der Waals surface area contributed by atoms with E-state index in [0.29, 0.717) is 16.8 Å². The van der Waals surface area contributed by atoms with Crippen molar-refractivity contribution in [2.75, 3.05) is 0 Å². The van der Waals surface area contributed by atoms with Gasteiger partial charge in [0.15, 0.2) is 0 Å². The Balaban J connectivity index is 0.000000416. The van der Waals surface area contributed by atoms with Crippen molar-refractivity contribution >= 4 is 21.9 Å². The number of carboxylic acids is 1. The molecule has 0 amide bonds. The second-order valence-electron chi connectivity index (χ2n) is 6.66. The summed E-state index contributed by atoms with van der Waals surface area (Å²) in [7, 11) is 0. The van der Waals surface area contributed by atoms with Gasteiger partial charge in [0.05, 0.1) is 0 Å².